The van der Waals surface area contributed by atoms with Crippen LogP contribution in [0.25, 0.3) is 10.8 Å². The van der Waals surface area contributed by atoms with E-state index >= 15 is 0 Å². The van der Waals surface area contributed by atoms with Crippen LogP contribution >= 0.6 is 0 Å². The minimum atomic E-state index is -4.50. The van der Waals surface area contributed by atoms with Gasteiger partial charge >= 0.3 is 6.18 Å². The topological polar surface area (TPSA) is 41.6 Å². The van der Waals surface area contributed by atoms with Crippen LogP contribution in [0, 0.1) is 0 Å². The summed E-state index contributed by atoms with van der Waals surface area (Å²) in [5.74, 6) is 0.271. The van der Waals surface area contributed by atoms with Gasteiger partial charge in [-0.1, -0.05) is 37.6 Å². The number of benzene rings is 2. The third kappa shape index (κ3) is 3.93. The van der Waals surface area contributed by atoms with Gasteiger partial charge in [-0.25, -0.2) is 5.01 Å². The van der Waals surface area contributed by atoms with Crippen molar-refractivity contribution in [1.29, 1.82) is 0 Å². The maximum Gasteiger partial charge on any atom is 0.409 e. The molecule has 1 saturated heterocycles. The smallest absolute Gasteiger partial charge is 0.409 e. The molecule has 3 rings (SSSR count). The Labute approximate surface area is 149 Å². The monoisotopic (exact) mass is 366 g/mol. The van der Waals surface area contributed by atoms with E-state index in [2.05, 4.69) is 12.3 Å². The summed E-state index contributed by atoms with van der Waals surface area (Å²) in [4.78, 5) is 11.4. The molecule has 7 heteroatoms. The van der Waals surface area contributed by atoms with E-state index in [0.29, 0.717) is 17.7 Å². The Morgan fingerprint density at radius 3 is 2.73 bits per heavy atom. The van der Waals surface area contributed by atoms with Gasteiger partial charge in [0.2, 0.25) is 5.91 Å². The number of ether oxygens (including phenoxy) is 1. The number of halogens is 3. The van der Waals surface area contributed by atoms with Crippen molar-refractivity contribution >= 4 is 16.7 Å². The average Bonchev–Trinajstić information content (AvgIpc) is 2.99. The zero-order valence-corrected chi connectivity index (χ0v) is 14.5. The summed E-state index contributed by atoms with van der Waals surface area (Å²) in [6.45, 7) is 2.66. The van der Waals surface area contributed by atoms with Gasteiger partial charge in [-0.2, -0.15) is 13.2 Å². The van der Waals surface area contributed by atoms with E-state index in [1.807, 2.05) is 6.07 Å². The summed E-state index contributed by atoms with van der Waals surface area (Å²) < 4.78 is 46.7. The summed E-state index contributed by atoms with van der Waals surface area (Å²) >= 11 is 0. The van der Waals surface area contributed by atoms with Crippen molar-refractivity contribution in [3.63, 3.8) is 0 Å². The maximum absolute atomic E-state index is 13.7. The van der Waals surface area contributed by atoms with Crippen LogP contribution in [0.3, 0.4) is 0 Å². The fourth-order valence-electron chi connectivity index (χ4n) is 3.13. The molecule has 0 bridgehead atoms. The molecule has 0 saturated carbocycles. The van der Waals surface area contributed by atoms with Gasteiger partial charge in [0, 0.05) is 18.4 Å². The predicted molar refractivity (Wildman–Crippen MR) is 92.6 cm³/mol. The number of carbonyl (C=O) groups excluding carboxylic acids is 1. The summed E-state index contributed by atoms with van der Waals surface area (Å²) in [6, 6.07) is 8.11. The van der Waals surface area contributed by atoms with Gasteiger partial charge in [0.25, 0.3) is 0 Å². The third-order valence-corrected chi connectivity index (χ3v) is 4.41. The molecule has 1 aliphatic heterocycles. The van der Waals surface area contributed by atoms with E-state index in [1.165, 1.54) is 12.1 Å². The second kappa shape index (κ2) is 7.53. The maximum atomic E-state index is 13.7. The minimum absolute atomic E-state index is 0.0290. The number of nitrogens with zero attached hydrogens (tertiary/aromatic N) is 1. The second-order valence-electron chi connectivity index (χ2n) is 6.36. The molecule has 1 atom stereocenters. The molecule has 26 heavy (non-hydrogen) atoms. The lowest BCUT2D eigenvalue weighted by molar-refractivity contribution is -0.191. The number of hydrazine groups is 1. The molecular formula is C19H21F3N2O2. The molecule has 1 N–H and O–H groups in total. The van der Waals surface area contributed by atoms with Crippen molar-refractivity contribution in [3.05, 3.63) is 42.0 Å². The first-order valence-corrected chi connectivity index (χ1v) is 8.68. The Morgan fingerprint density at radius 1 is 1.27 bits per heavy atom. The van der Waals surface area contributed by atoms with E-state index in [1.54, 1.807) is 18.2 Å². The molecule has 1 amide bonds. The fourth-order valence-corrected chi connectivity index (χ4v) is 3.13. The van der Waals surface area contributed by atoms with Crippen LogP contribution in [0.4, 0.5) is 13.2 Å². The Kier molecular flexibility index (Phi) is 5.36. The van der Waals surface area contributed by atoms with Crippen LogP contribution in [0.1, 0.15) is 37.8 Å². The Balaban J connectivity index is 1.95. The van der Waals surface area contributed by atoms with Crippen molar-refractivity contribution in [2.24, 2.45) is 0 Å². The molecule has 0 radical (unpaired) electrons. The summed E-state index contributed by atoms with van der Waals surface area (Å²) in [5.41, 5.74) is 2.40. The van der Waals surface area contributed by atoms with Crippen LogP contribution in [-0.2, 0) is 4.79 Å². The van der Waals surface area contributed by atoms with E-state index in [4.69, 9.17) is 4.74 Å². The Morgan fingerprint density at radius 2 is 2.08 bits per heavy atom. The first-order valence-electron chi connectivity index (χ1n) is 8.68. The van der Waals surface area contributed by atoms with Crippen molar-refractivity contribution in [2.75, 3.05) is 13.2 Å². The van der Waals surface area contributed by atoms with E-state index in [0.717, 1.165) is 23.2 Å². The molecule has 1 aliphatic rings. The number of amides is 1. The Hall–Kier alpha value is -2.28. The van der Waals surface area contributed by atoms with Gasteiger partial charge in [0.15, 0.2) is 0 Å². The SMILES string of the molecule is CCCCOc1cccc2cc(C(N3CCC(=O)N3)C(F)(F)F)ccc12. The number of fused-ring (bicyclic) bond motifs is 1. The number of hydrogen-bond donors (Lipinski definition) is 1. The highest BCUT2D eigenvalue weighted by Crippen LogP contribution is 2.39. The van der Waals surface area contributed by atoms with E-state index in [9.17, 15) is 18.0 Å². The van der Waals surface area contributed by atoms with E-state index < -0.39 is 18.1 Å². The van der Waals surface area contributed by atoms with Crippen molar-refractivity contribution < 1.29 is 22.7 Å². The summed E-state index contributed by atoms with van der Waals surface area (Å²) in [7, 11) is 0. The van der Waals surface area contributed by atoms with Crippen molar-refractivity contribution in [3.8, 4) is 5.75 Å². The van der Waals surface area contributed by atoms with Crippen LogP contribution in [0.15, 0.2) is 36.4 Å². The normalized spacial score (nSPS) is 16.7. The molecule has 1 fully saturated rings. The van der Waals surface area contributed by atoms with Crippen LogP contribution < -0.4 is 10.2 Å². The van der Waals surface area contributed by atoms with Crippen molar-refractivity contribution in [2.45, 2.75) is 38.4 Å². The van der Waals surface area contributed by atoms with E-state index in [-0.39, 0.29) is 18.5 Å². The van der Waals surface area contributed by atoms with Crippen LogP contribution in [0.5, 0.6) is 5.75 Å². The molecule has 140 valence electrons. The third-order valence-electron chi connectivity index (χ3n) is 4.41. The lowest BCUT2D eigenvalue weighted by Crippen LogP contribution is -2.43. The van der Waals surface area contributed by atoms with Gasteiger partial charge < -0.3 is 4.74 Å². The standard InChI is InChI=1S/C19H21F3N2O2/c1-2-3-11-26-16-6-4-5-13-12-14(7-8-15(13)16)18(19(20,21)22)24-10-9-17(25)23-24/h4-8,12,18H,2-3,9-11H2,1H3,(H,23,25). The predicted octanol–water partition coefficient (Wildman–Crippen LogP) is 4.36. The zero-order valence-electron chi connectivity index (χ0n) is 14.5. The molecule has 4 nitrogen and oxygen atoms in total. The summed E-state index contributed by atoms with van der Waals surface area (Å²) in [6.07, 6.45) is -2.51. The fraction of sp³-hybridized carbons (Fsp3) is 0.421. The van der Waals surface area contributed by atoms with Gasteiger partial charge in [-0.15, -0.1) is 0 Å². The second-order valence-corrected chi connectivity index (χ2v) is 6.36. The molecule has 1 heterocycles. The molecule has 0 aliphatic carbocycles. The van der Waals surface area contributed by atoms with Gasteiger partial charge in [0.1, 0.15) is 11.8 Å². The zero-order chi connectivity index (χ0) is 18.7. The highest BCUT2D eigenvalue weighted by Gasteiger charge is 2.46. The molecule has 1 unspecified atom stereocenters. The first-order chi connectivity index (χ1) is 12.4. The number of alkyl halides is 3. The molecular weight excluding hydrogens is 345 g/mol. The lowest BCUT2D eigenvalue weighted by atomic mass is 10.0. The quantitative estimate of drug-likeness (QED) is 0.773. The number of nitrogens with one attached hydrogen (secondary N) is 1. The van der Waals surface area contributed by atoms with Crippen molar-refractivity contribution in [1.82, 2.24) is 10.4 Å². The van der Waals surface area contributed by atoms with Crippen LogP contribution in [-0.4, -0.2) is 30.2 Å². The number of hydrogen-bond acceptors (Lipinski definition) is 3. The van der Waals surface area contributed by atoms with Gasteiger partial charge in [-0.3, -0.25) is 10.2 Å². The Bertz CT molecular complexity index is 792. The largest absolute Gasteiger partial charge is 0.493 e. The average molecular weight is 366 g/mol. The first kappa shape index (κ1) is 18.5. The van der Waals surface area contributed by atoms with Gasteiger partial charge in [0.05, 0.1) is 6.61 Å². The molecule has 0 spiro atoms. The molecule has 2 aromatic rings. The minimum Gasteiger partial charge on any atom is -0.493 e. The highest BCUT2D eigenvalue weighted by molar-refractivity contribution is 5.89. The number of rotatable bonds is 6. The summed E-state index contributed by atoms with van der Waals surface area (Å²) in [5, 5.41) is 2.42. The van der Waals surface area contributed by atoms with Crippen LogP contribution in [0.2, 0.25) is 0 Å². The number of carbonyl (C=O) groups is 1. The lowest BCUT2D eigenvalue weighted by Gasteiger charge is -2.29. The van der Waals surface area contributed by atoms with Gasteiger partial charge in [-0.05, 0) is 29.5 Å². The molecule has 2 aromatic carbocycles. The highest BCUT2D eigenvalue weighted by atomic mass is 19.4. The molecule has 0 aromatic heterocycles. The number of unbranched alkanes of at least 4 members (excludes halogenated alkanes) is 1.